The zero-order valence-corrected chi connectivity index (χ0v) is 15.0. The summed E-state index contributed by atoms with van der Waals surface area (Å²) in [4.78, 5) is 24.0. The molecule has 1 N–H and O–H groups in total. The quantitative estimate of drug-likeness (QED) is 0.791. The lowest BCUT2D eigenvalue weighted by Crippen LogP contribution is -2.39. The second-order valence-electron chi connectivity index (χ2n) is 5.48. The summed E-state index contributed by atoms with van der Waals surface area (Å²) in [5.41, 5.74) is 1.67. The van der Waals surface area contributed by atoms with Gasteiger partial charge in [-0.05, 0) is 36.8 Å². The molecule has 0 radical (unpaired) electrons. The summed E-state index contributed by atoms with van der Waals surface area (Å²) in [7, 11) is 0. The van der Waals surface area contributed by atoms with Gasteiger partial charge in [-0.2, -0.15) is 0 Å². The molecule has 0 aliphatic carbocycles. The maximum Gasteiger partial charge on any atom is 0.351 e. The first-order chi connectivity index (χ1) is 12.0. The summed E-state index contributed by atoms with van der Waals surface area (Å²) in [6.45, 7) is 1.59. The minimum Gasteiger partial charge on any atom is -0.485 e. The molecule has 0 saturated heterocycles. The van der Waals surface area contributed by atoms with Crippen molar-refractivity contribution in [2.24, 2.45) is 0 Å². The largest absolute Gasteiger partial charge is 0.485 e. The fourth-order valence-corrected chi connectivity index (χ4v) is 2.61. The van der Waals surface area contributed by atoms with E-state index < -0.39 is 24.6 Å². The predicted molar refractivity (Wildman–Crippen MR) is 94.8 cm³/mol. The van der Waals surface area contributed by atoms with Gasteiger partial charge in [-0.25, -0.2) is 4.79 Å². The number of carbonyl (C=O) groups is 2. The Hall–Kier alpha value is -2.54. The molecular formula is C18H16BrNO5. The van der Waals surface area contributed by atoms with Gasteiger partial charge in [0.25, 0.3) is 5.91 Å². The second kappa shape index (κ2) is 7.57. The van der Waals surface area contributed by atoms with E-state index in [1.165, 1.54) is 0 Å². The number of hydrogen-bond acceptors (Lipinski definition) is 5. The molecule has 1 amide bonds. The lowest BCUT2D eigenvalue weighted by Gasteiger charge is -2.24. The minimum absolute atomic E-state index is 0.0440. The summed E-state index contributed by atoms with van der Waals surface area (Å²) in [5, 5.41) is 2.67. The predicted octanol–water partition coefficient (Wildman–Crippen LogP) is 3.08. The van der Waals surface area contributed by atoms with Crippen LogP contribution in [-0.2, 0) is 14.3 Å². The molecule has 0 spiro atoms. The van der Waals surface area contributed by atoms with E-state index in [0.717, 1.165) is 10.0 Å². The zero-order valence-electron chi connectivity index (χ0n) is 13.5. The molecule has 1 heterocycles. The highest BCUT2D eigenvalue weighted by molar-refractivity contribution is 9.10. The maximum absolute atomic E-state index is 12.0. The van der Waals surface area contributed by atoms with Crippen LogP contribution >= 0.6 is 15.9 Å². The van der Waals surface area contributed by atoms with Crippen LogP contribution in [-0.4, -0.2) is 31.2 Å². The Morgan fingerprint density at radius 2 is 2.00 bits per heavy atom. The first kappa shape index (κ1) is 17.3. The molecule has 0 saturated carbocycles. The van der Waals surface area contributed by atoms with Crippen molar-refractivity contribution in [2.45, 2.75) is 13.0 Å². The third kappa shape index (κ3) is 4.30. The lowest BCUT2D eigenvalue weighted by molar-refractivity contribution is -0.156. The Bertz CT molecular complexity index is 808. The van der Waals surface area contributed by atoms with Gasteiger partial charge >= 0.3 is 5.97 Å². The van der Waals surface area contributed by atoms with Crippen molar-refractivity contribution in [1.82, 2.24) is 0 Å². The van der Waals surface area contributed by atoms with E-state index in [0.29, 0.717) is 17.2 Å². The third-order valence-electron chi connectivity index (χ3n) is 3.57. The van der Waals surface area contributed by atoms with Gasteiger partial charge in [-0.3, -0.25) is 4.79 Å². The molecule has 25 heavy (non-hydrogen) atoms. The van der Waals surface area contributed by atoms with E-state index >= 15 is 0 Å². The van der Waals surface area contributed by atoms with Gasteiger partial charge in [0.1, 0.15) is 6.61 Å². The molecule has 130 valence electrons. The van der Waals surface area contributed by atoms with Crippen LogP contribution in [0.4, 0.5) is 5.69 Å². The Balaban J connectivity index is 1.50. The van der Waals surface area contributed by atoms with Crippen LogP contribution in [0.25, 0.3) is 0 Å². The van der Waals surface area contributed by atoms with Crippen LogP contribution in [0.1, 0.15) is 5.56 Å². The fourth-order valence-electron chi connectivity index (χ4n) is 2.23. The number of anilines is 1. The number of nitrogens with one attached hydrogen (secondary N) is 1. The summed E-state index contributed by atoms with van der Waals surface area (Å²) in [6, 6.07) is 12.5. The molecule has 7 heteroatoms. The normalized spacial score (nSPS) is 15.4. The first-order valence-corrected chi connectivity index (χ1v) is 8.43. The van der Waals surface area contributed by atoms with Crippen molar-refractivity contribution in [1.29, 1.82) is 0 Å². The molecule has 3 rings (SSSR count). The van der Waals surface area contributed by atoms with Crippen molar-refractivity contribution in [3.8, 4) is 11.5 Å². The van der Waals surface area contributed by atoms with Gasteiger partial charge in [0.05, 0.1) is 0 Å². The Kier molecular flexibility index (Phi) is 5.23. The van der Waals surface area contributed by atoms with E-state index in [2.05, 4.69) is 21.2 Å². The minimum atomic E-state index is -0.892. The zero-order chi connectivity index (χ0) is 17.8. The molecule has 1 aliphatic rings. The van der Waals surface area contributed by atoms with Gasteiger partial charge in [0.2, 0.25) is 6.10 Å². The molecule has 1 aliphatic heterocycles. The SMILES string of the molecule is Cc1ccc(NC(=O)COC(=O)[C@@H]2COc3ccccc3O2)cc1Br. The van der Waals surface area contributed by atoms with Crippen molar-refractivity contribution in [3.63, 3.8) is 0 Å². The molecule has 2 aromatic rings. The number of benzene rings is 2. The average Bonchev–Trinajstić information content (AvgIpc) is 2.62. The number of carbonyl (C=O) groups excluding carboxylic acids is 2. The van der Waals surface area contributed by atoms with Crippen molar-refractivity contribution in [2.75, 3.05) is 18.5 Å². The highest BCUT2D eigenvalue weighted by Gasteiger charge is 2.29. The maximum atomic E-state index is 12.0. The van der Waals surface area contributed by atoms with Crippen molar-refractivity contribution in [3.05, 3.63) is 52.5 Å². The molecule has 1 atom stereocenters. The van der Waals surface area contributed by atoms with Gasteiger partial charge in [0, 0.05) is 10.2 Å². The highest BCUT2D eigenvalue weighted by atomic mass is 79.9. The van der Waals surface area contributed by atoms with E-state index in [1.54, 1.807) is 30.3 Å². The van der Waals surface area contributed by atoms with Gasteiger partial charge < -0.3 is 19.5 Å². The van der Waals surface area contributed by atoms with E-state index in [1.807, 2.05) is 19.1 Å². The Morgan fingerprint density at radius 1 is 1.24 bits per heavy atom. The number of hydrogen-bond donors (Lipinski definition) is 1. The molecule has 0 bridgehead atoms. The van der Waals surface area contributed by atoms with Gasteiger partial charge in [-0.1, -0.05) is 34.1 Å². The van der Waals surface area contributed by atoms with Crippen LogP contribution in [0.15, 0.2) is 46.9 Å². The highest BCUT2D eigenvalue weighted by Crippen LogP contribution is 2.31. The summed E-state index contributed by atoms with van der Waals surface area (Å²) in [6.07, 6.45) is -0.892. The number of halogens is 1. The van der Waals surface area contributed by atoms with Gasteiger partial charge in [-0.15, -0.1) is 0 Å². The number of esters is 1. The standard InChI is InChI=1S/C18H16BrNO5/c1-11-6-7-12(8-13(11)19)20-17(21)10-24-18(22)16-9-23-14-4-2-3-5-15(14)25-16/h2-8,16H,9-10H2,1H3,(H,20,21)/t16-/m0/s1. The summed E-state index contributed by atoms with van der Waals surface area (Å²) < 4.78 is 16.9. The third-order valence-corrected chi connectivity index (χ3v) is 4.43. The summed E-state index contributed by atoms with van der Waals surface area (Å²) in [5.74, 6) is -0.0186. The fraction of sp³-hybridized carbons (Fsp3) is 0.222. The molecule has 0 unspecified atom stereocenters. The topological polar surface area (TPSA) is 73.9 Å². The number of amides is 1. The first-order valence-electron chi connectivity index (χ1n) is 7.64. The molecular weight excluding hydrogens is 390 g/mol. The smallest absolute Gasteiger partial charge is 0.351 e. The lowest BCUT2D eigenvalue weighted by atomic mass is 10.2. The average molecular weight is 406 g/mol. The monoisotopic (exact) mass is 405 g/mol. The molecule has 0 fully saturated rings. The number of fused-ring (bicyclic) bond motifs is 1. The number of para-hydroxylation sites is 2. The molecule has 0 aromatic heterocycles. The van der Waals surface area contributed by atoms with Crippen LogP contribution in [0.2, 0.25) is 0 Å². The van der Waals surface area contributed by atoms with E-state index in [-0.39, 0.29) is 6.61 Å². The van der Waals surface area contributed by atoms with Crippen molar-refractivity contribution < 1.29 is 23.8 Å². The summed E-state index contributed by atoms with van der Waals surface area (Å²) >= 11 is 3.40. The number of rotatable bonds is 4. The second-order valence-corrected chi connectivity index (χ2v) is 6.34. The molecule has 6 nitrogen and oxygen atoms in total. The van der Waals surface area contributed by atoms with Crippen molar-refractivity contribution >= 4 is 33.5 Å². The van der Waals surface area contributed by atoms with E-state index in [4.69, 9.17) is 14.2 Å². The van der Waals surface area contributed by atoms with Crippen LogP contribution < -0.4 is 14.8 Å². The van der Waals surface area contributed by atoms with Crippen LogP contribution in [0, 0.1) is 6.92 Å². The van der Waals surface area contributed by atoms with Crippen LogP contribution in [0.5, 0.6) is 11.5 Å². The Labute approximate surface area is 153 Å². The van der Waals surface area contributed by atoms with Crippen LogP contribution in [0.3, 0.4) is 0 Å². The number of aryl methyl sites for hydroxylation is 1. The molecule has 2 aromatic carbocycles. The van der Waals surface area contributed by atoms with E-state index in [9.17, 15) is 9.59 Å². The van der Waals surface area contributed by atoms with Gasteiger partial charge in [0.15, 0.2) is 18.1 Å². The number of ether oxygens (including phenoxy) is 3. The Morgan fingerprint density at radius 3 is 2.76 bits per heavy atom.